The largest absolute Gasteiger partial charge is 0.497 e. The standard InChI is InChI=1S/C18H17N3O4S/c1-23-12-7-11(8-13(9-12)24-2)16(22)19-14-5-6-26-15(14)18-21-20-17(25-18)10-3-4-10/h5-10H,3-4H2,1-2H3,(H,19,22). The third-order valence-electron chi connectivity index (χ3n) is 4.09. The smallest absolute Gasteiger partial charge is 0.259 e. The van der Waals surface area contributed by atoms with Crippen LogP contribution in [0.15, 0.2) is 34.1 Å². The van der Waals surface area contributed by atoms with E-state index in [4.69, 9.17) is 13.9 Å². The molecule has 7 nitrogen and oxygen atoms in total. The maximum atomic E-state index is 12.7. The number of rotatable bonds is 6. The van der Waals surface area contributed by atoms with Crippen LogP contribution in [0.4, 0.5) is 5.69 Å². The normalized spacial score (nSPS) is 13.5. The topological polar surface area (TPSA) is 86.5 Å². The molecule has 8 heteroatoms. The zero-order chi connectivity index (χ0) is 18.1. The van der Waals surface area contributed by atoms with Crippen molar-refractivity contribution >= 4 is 22.9 Å². The zero-order valence-electron chi connectivity index (χ0n) is 14.3. The van der Waals surface area contributed by atoms with Crippen LogP contribution in [0.3, 0.4) is 0 Å². The molecular formula is C18H17N3O4S. The number of thiophene rings is 1. The van der Waals surface area contributed by atoms with E-state index in [0.717, 1.165) is 17.7 Å². The summed E-state index contributed by atoms with van der Waals surface area (Å²) in [5, 5.41) is 13.0. The van der Waals surface area contributed by atoms with Crippen molar-refractivity contribution in [3.63, 3.8) is 0 Å². The predicted molar refractivity (Wildman–Crippen MR) is 97.1 cm³/mol. The van der Waals surface area contributed by atoms with E-state index < -0.39 is 0 Å². The molecule has 0 spiro atoms. The first kappa shape index (κ1) is 16.6. The molecule has 0 bridgehead atoms. The Morgan fingerprint density at radius 2 is 1.92 bits per heavy atom. The van der Waals surface area contributed by atoms with E-state index in [1.807, 2.05) is 11.4 Å². The molecule has 2 aromatic heterocycles. The van der Waals surface area contributed by atoms with Crippen molar-refractivity contribution in [1.29, 1.82) is 0 Å². The lowest BCUT2D eigenvalue weighted by molar-refractivity contribution is 0.102. The van der Waals surface area contributed by atoms with E-state index in [9.17, 15) is 4.79 Å². The number of methoxy groups -OCH3 is 2. The van der Waals surface area contributed by atoms with E-state index in [0.29, 0.717) is 40.4 Å². The molecule has 4 rings (SSSR count). The van der Waals surface area contributed by atoms with Crippen LogP contribution in [-0.4, -0.2) is 30.3 Å². The Kier molecular flexibility index (Phi) is 4.34. The van der Waals surface area contributed by atoms with Gasteiger partial charge in [0.1, 0.15) is 16.4 Å². The van der Waals surface area contributed by atoms with E-state index in [1.54, 1.807) is 32.4 Å². The Labute approximate surface area is 154 Å². The number of hydrogen-bond acceptors (Lipinski definition) is 7. The van der Waals surface area contributed by atoms with Crippen molar-refractivity contribution in [2.24, 2.45) is 0 Å². The molecule has 1 amide bonds. The Morgan fingerprint density at radius 1 is 1.19 bits per heavy atom. The van der Waals surface area contributed by atoms with Crippen molar-refractivity contribution in [2.75, 3.05) is 19.5 Å². The van der Waals surface area contributed by atoms with Crippen LogP contribution < -0.4 is 14.8 Å². The lowest BCUT2D eigenvalue weighted by Gasteiger charge is -2.09. The van der Waals surface area contributed by atoms with Crippen LogP contribution in [0.1, 0.15) is 35.0 Å². The fourth-order valence-electron chi connectivity index (χ4n) is 2.53. The van der Waals surface area contributed by atoms with E-state index in [2.05, 4.69) is 15.5 Å². The number of aromatic nitrogens is 2. The Morgan fingerprint density at radius 3 is 2.58 bits per heavy atom. The average Bonchev–Trinajstić information content (AvgIpc) is 3.22. The van der Waals surface area contributed by atoms with Gasteiger partial charge in [-0.25, -0.2) is 0 Å². The molecule has 1 aromatic carbocycles. The minimum Gasteiger partial charge on any atom is -0.497 e. The number of hydrogen-bond donors (Lipinski definition) is 1. The number of benzene rings is 1. The van der Waals surface area contributed by atoms with Crippen LogP contribution in [0.25, 0.3) is 10.8 Å². The molecule has 1 aliphatic carbocycles. The second-order valence-electron chi connectivity index (χ2n) is 5.94. The molecule has 0 aliphatic heterocycles. The van der Waals surface area contributed by atoms with Gasteiger partial charge in [-0.15, -0.1) is 21.5 Å². The van der Waals surface area contributed by atoms with Gasteiger partial charge in [-0.1, -0.05) is 0 Å². The summed E-state index contributed by atoms with van der Waals surface area (Å²) in [5.41, 5.74) is 1.07. The maximum absolute atomic E-state index is 12.7. The van der Waals surface area contributed by atoms with Gasteiger partial charge in [0.15, 0.2) is 0 Å². The van der Waals surface area contributed by atoms with Crippen LogP contribution in [0.5, 0.6) is 11.5 Å². The highest BCUT2D eigenvalue weighted by Gasteiger charge is 2.30. The number of nitrogens with zero attached hydrogens (tertiary/aromatic N) is 2. The Balaban J connectivity index is 1.58. The molecule has 3 aromatic rings. The van der Waals surface area contributed by atoms with Crippen LogP contribution >= 0.6 is 11.3 Å². The number of carbonyl (C=O) groups is 1. The van der Waals surface area contributed by atoms with E-state index >= 15 is 0 Å². The summed E-state index contributed by atoms with van der Waals surface area (Å²) in [6.07, 6.45) is 2.18. The fourth-order valence-corrected chi connectivity index (χ4v) is 3.30. The van der Waals surface area contributed by atoms with Gasteiger partial charge in [-0.2, -0.15) is 0 Å². The van der Waals surface area contributed by atoms with Crippen molar-refractivity contribution in [3.8, 4) is 22.3 Å². The van der Waals surface area contributed by atoms with Gasteiger partial charge in [-0.3, -0.25) is 4.79 Å². The third-order valence-corrected chi connectivity index (χ3v) is 4.99. The van der Waals surface area contributed by atoms with Crippen LogP contribution in [0.2, 0.25) is 0 Å². The van der Waals surface area contributed by atoms with Gasteiger partial charge < -0.3 is 19.2 Å². The molecule has 1 N–H and O–H groups in total. The van der Waals surface area contributed by atoms with Gasteiger partial charge >= 0.3 is 0 Å². The van der Waals surface area contributed by atoms with E-state index in [-0.39, 0.29) is 5.91 Å². The highest BCUT2D eigenvalue weighted by molar-refractivity contribution is 7.14. The zero-order valence-corrected chi connectivity index (χ0v) is 15.1. The minimum absolute atomic E-state index is 0.274. The molecular weight excluding hydrogens is 354 g/mol. The molecule has 2 heterocycles. The van der Waals surface area contributed by atoms with Crippen LogP contribution in [-0.2, 0) is 0 Å². The maximum Gasteiger partial charge on any atom is 0.259 e. The van der Waals surface area contributed by atoms with Crippen molar-refractivity contribution in [1.82, 2.24) is 10.2 Å². The first-order valence-corrected chi connectivity index (χ1v) is 9.01. The first-order valence-electron chi connectivity index (χ1n) is 8.13. The van der Waals surface area contributed by atoms with Gasteiger partial charge in [0.25, 0.3) is 11.8 Å². The van der Waals surface area contributed by atoms with Crippen molar-refractivity contribution < 1.29 is 18.7 Å². The monoisotopic (exact) mass is 371 g/mol. The quantitative estimate of drug-likeness (QED) is 0.706. The SMILES string of the molecule is COc1cc(OC)cc(C(=O)Nc2ccsc2-c2nnc(C3CC3)o2)c1. The molecule has 1 saturated carbocycles. The lowest BCUT2D eigenvalue weighted by Crippen LogP contribution is -2.12. The number of amides is 1. The summed E-state index contributed by atoms with van der Waals surface area (Å²) in [5.74, 6) is 2.31. The summed E-state index contributed by atoms with van der Waals surface area (Å²) in [6, 6.07) is 6.84. The predicted octanol–water partition coefficient (Wildman–Crippen LogP) is 3.95. The second-order valence-corrected chi connectivity index (χ2v) is 6.85. The minimum atomic E-state index is -0.274. The Hall–Kier alpha value is -2.87. The summed E-state index contributed by atoms with van der Waals surface area (Å²) < 4.78 is 16.2. The summed E-state index contributed by atoms with van der Waals surface area (Å²) in [6.45, 7) is 0. The van der Waals surface area contributed by atoms with Crippen molar-refractivity contribution in [2.45, 2.75) is 18.8 Å². The Bertz CT molecular complexity index is 923. The number of nitrogens with one attached hydrogen (secondary N) is 1. The third kappa shape index (κ3) is 3.28. The molecule has 0 atom stereocenters. The number of anilines is 1. The summed E-state index contributed by atoms with van der Waals surface area (Å²) in [4.78, 5) is 13.4. The lowest BCUT2D eigenvalue weighted by atomic mass is 10.2. The number of carbonyl (C=O) groups excluding carboxylic acids is 1. The van der Waals surface area contributed by atoms with Gasteiger partial charge in [0.2, 0.25) is 5.89 Å². The molecule has 1 aliphatic rings. The van der Waals surface area contributed by atoms with Gasteiger partial charge in [0.05, 0.1) is 19.9 Å². The van der Waals surface area contributed by atoms with E-state index in [1.165, 1.54) is 11.3 Å². The van der Waals surface area contributed by atoms with Gasteiger partial charge in [0, 0.05) is 17.5 Å². The number of ether oxygens (including phenoxy) is 2. The summed E-state index contributed by atoms with van der Waals surface area (Å²) in [7, 11) is 3.08. The van der Waals surface area contributed by atoms with Crippen molar-refractivity contribution in [3.05, 3.63) is 41.1 Å². The highest BCUT2D eigenvalue weighted by atomic mass is 32.1. The second kappa shape index (κ2) is 6.80. The fraction of sp³-hybridized carbons (Fsp3) is 0.278. The molecule has 26 heavy (non-hydrogen) atoms. The molecule has 134 valence electrons. The highest BCUT2D eigenvalue weighted by Crippen LogP contribution is 2.41. The van der Waals surface area contributed by atoms with Gasteiger partial charge in [-0.05, 0) is 36.4 Å². The molecule has 0 unspecified atom stereocenters. The molecule has 1 fully saturated rings. The molecule has 0 saturated heterocycles. The van der Waals surface area contributed by atoms with Crippen LogP contribution in [0, 0.1) is 0 Å². The first-order chi connectivity index (χ1) is 12.7. The summed E-state index contributed by atoms with van der Waals surface area (Å²) >= 11 is 1.44. The average molecular weight is 371 g/mol. The molecule has 0 radical (unpaired) electrons.